The fraction of sp³-hybridized carbons (Fsp3) is 0.286. The number of thioether (sulfide) groups is 1. The molecule has 156 valence electrons. The summed E-state index contributed by atoms with van der Waals surface area (Å²) in [4.78, 5) is 12.3. The maximum absolute atomic E-state index is 13.3. The lowest BCUT2D eigenvalue weighted by molar-refractivity contribution is -0.137. The van der Waals surface area contributed by atoms with Crippen LogP contribution < -0.4 is 0 Å². The van der Waals surface area contributed by atoms with Crippen molar-refractivity contribution in [2.75, 3.05) is 0 Å². The number of hydrogen-bond acceptors (Lipinski definition) is 4. The van der Waals surface area contributed by atoms with Gasteiger partial charge in [-0.2, -0.15) is 13.2 Å². The minimum Gasteiger partial charge on any atom is -0.298 e. The lowest BCUT2D eigenvalue weighted by Gasteiger charge is -2.20. The van der Waals surface area contributed by atoms with Crippen LogP contribution in [-0.4, -0.2) is 25.8 Å². The molecule has 0 radical (unpaired) electrons. The van der Waals surface area contributed by atoms with Gasteiger partial charge < -0.3 is 0 Å². The number of carbonyl (C=O) groups is 1. The van der Waals surface area contributed by atoms with Crippen LogP contribution in [0.5, 0.6) is 0 Å². The second-order valence-corrected chi connectivity index (χ2v) is 8.57. The van der Waals surface area contributed by atoms with Gasteiger partial charge >= 0.3 is 6.18 Å². The van der Waals surface area contributed by atoms with E-state index in [4.69, 9.17) is 11.6 Å². The van der Waals surface area contributed by atoms with Crippen molar-refractivity contribution >= 4 is 29.1 Å². The number of rotatable bonds is 4. The molecule has 0 amide bonds. The number of ketones is 1. The summed E-state index contributed by atoms with van der Waals surface area (Å²) >= 11 is 7.57. The van der Waals surface area contributed by atoms with Gasteiger partial charge in [0.15, 0.2) is 11.0 Å². The van der Waals surface area contributed by atoms with Gasteiger partial charge in [0.1, 0.15) is 5.78 Å². The molecule has 0 saturated heterocycles. The van der Waals surface area contributed by atoms with Gasteiger partial charge in [0.2, 0.25) is 0 Å². The van der Waals surface area contributed by atoms with Crippen LogP contribution in [0.25, 0.3) is 17.1 Å². The third-order valence-corrected chi connectivity index (χ3v) is 6.51. The fourth-order valence-corrected chi connectivity index (χ4v) is 4.81. The number of Topliss-reactive ketones (excluding diaryl/α,β-unsaturated/α-hetero) is 1. The van der Waals surface area contributed by atoms with Crippen molar-refractivity contribution in [2.45, 2.75) is 42.3 Å². The summed E-state index contributed by atoms with van der Waals surface area (Å²) in [5.74, 6) is 0.454. The van der Waals surface area contributed by atoms with E-state index in [9.17, 15) is 18.0 Å². The molecule has 1 aromatic heterocycles. The Morgan fingerprint density at radius 3 is 2.60 bits per heavy atom. The molecule has 0 spiro atoms. The first-order chi connectivity index (χ1) is 14.3. The van der Waals surface area contributed by atoms with Gasteiger partial charge in [0.05, 0.1) is 21.5 Å². The number of alkyl halides is 3. The minimum absolute atomic E-state index is 0.129. The van der Waals surface area contributed by atoms with E-state index in [2.05, 4.69) is 10.2 Å². The lowest BCUT2D eigenvalue weighted by atomic mass is 9.99. The Bertz CT molecular complexity index is 1080. The van der Waals surface area contributed by atoms with Gasteiger partial charge in [-0.25, -0.2) is 0 Å². The molecule has 4 rings (SSSR count). The Balaban J connectivity index is 1.84. The molecule has 0 bridgehead atoms. The zero-order valence-corrected chi connectivity index (χ0v) is 17.3. The normalized spacial score (nSPS) is 17.3. The standard InChI is InChI=1S/C21H17ClF3N3OS/c22-16-9-2-1-8-15(16)19-26-27-20(30-18-11-4-3-10-17(18)29)28(19)14-7-5-6-13(12-14)21(23,24)25/h1-2,5-9,12,18H,3-4,10-11H2. The van der Waals surface area contributed by atoms with Crippen molar-refractivity contribution in [1.82, 2.24) is 14.8 Å². The Hall–Kier alpha value is -2.32. The van der Waals surface area contributed by atoms with Crippen LogP contribution in [-0.2, 0) is 11.0 Å². The highest BCUT2D eigenvalue weighted by atomic mass is 35.5. The Morgan fingerprint density at radius 2 is 1.87 bits per heavy atom. The Morgan fingerprint density at radius 1 is 1.07 bits per heavy atom. The van der Waals surface area contributed by atoms with Crippen LogP contribution >= 0.6 is 23.4 Å². The summed E-state index contributed by atoms with van der Waals surface area (Å²) in [5.41, 5.74) is 0.0323. The summed E-state index contributed by atoms with van der Waals surface area (Å²) in [6.45, 7) is 0. The molecule has 1 saturated carbocycles. The Labute approximate surface area is 180 Å². The molecule has 0 aliphatic heterocycles. The Kier molecular flexibility index (Phi) is 5.88. The van der Waals surface area contributed by atoms with Crippen LogP contribution in [0.15, 0.2) is 53.7 Å². The second-order valence-electron chi connectivity index (χ2n) is 6.99. The molecule has 2 aromatic carbocycles. The molecule has 1 heterocycles. The number of halogens is 4. The number of carbonyl (C=O) groups excluding carboxylic acids is 1. The first-order valence-corrected chi connectivity index (χ1v) is 10.7. The van der Waals surface area contributed by atoms with E-state index < -0.39 is 11.7 Å². The highest BCUT2D eigenvalue weighted by Crippen LogP contribution is 2.37. The van der Waals surface area contributed by atoms with Crippen molar-refractivity contribution in [1.29, 1.82) is 0 Å². The van der Waals surface area contributed by atoms with Gasteiger partial charge in [0.25, 0.3) is 0 Å². The lowest BCUT2D eigenvalue weighted by Crippen LogP contribution is -2.21. The number of benzene rings is 2. The van der Waals surface area contributed by atoms with Crippen molar-refractivity contribution in [2.24, 2.45) is 0 Å². The van der Waals surface area contributed by atoms with Crippen molar-refractivity contribution in [3.05, 3.63) is 59.1 Å². The zero-order valence-electron chi connectivity index (χ0n) is 15.7. The van der Waals surface area contributed by atoms with E-state index in [1.807, 2.05) is 0 Å². The molecule has 1 atom stereocenters. The molecule has 9 heteroatoms. The van der Waals surface area contributed by atoms with E-state index in [0.29, 0.717) is 34.4 Å². The molecule has 30 heavy (non-hydrogen) atoms. The molecule has 3 aromatic rings. The van der Waals surface area contributed by atoms with Crippen LogP contribution in [0.3, 0.4) is 0 Å². The first kappa shape index (κ1) is 20.9. The smallest absolute Gasteiger partial charge is 0.298 e. The predicted molar refractivity (Wildman–Crippen MR) is 110 cm³/mol. The number of aromatic nitrogens is 3. The van der Waals surface area contributed by atoms with Gasteiger partial charge in [-0.3, -0.25) is 9.36 Å². The molecule has 1 aliphatic carbocycles. The van der Waals surface area contributed by atoms with Crippen molar-refractivity contribution in [3.63, 3.8) is 0 Å². The predicted octanol–water partition coefficient (Wildman–Crippen LogP) is 6.21. The van der Waals surface area contributed by atoms with E-state index >= 15 is 0 Å². The summed E-state index contributed by atoms with van der Waals surface area (Å²) in [7, 11) is 0. The quantitative estimate of drug-likeness (QED) is 0.473. The summed E-state index contributed by atoms with van der Waals surface area (Å²) in [5, 5.41) is 8.92. The topological polar surface area (TPSA) is 47.8 Å². The third kappa shape index (κ3) is 4.25. The third-order valence-electron chi connectivity index (χ3n) is 4.93. The molecular weight excluding hydrogens is 435 g/mol. The maximum atomic E-state index is 13.3. The van der Waals surface area contributed by atoms with Crippen molar-refractivity contribution in [3.8, 4) is 17.1 Å². The van der Waals surface area contributed by atoms with E-state index in [1.165, 1.54) is 17.8 Å². The minimum atomic E-state index is -4.48. The zero-order chi connectivity index (χ0) is 21.3. The van der Waals surface area contributed by atoms with Crippen LogP contribution in [0.1, 0.15) is 31.2 Å². The highest BCUT2D eigenvalue weighted by Gasteiger charge is 2.32. The average molecular weight is 452 g/mol. The van der Waals surface area contributed by atoms with Gasteiger partial charge in [0, 0.05) is 12.0 Å². The highest BCUT2D eigenvalue weighted by molar-refractivity contribution is 8.00. The molecule has 0 N–H and O–H groups in total. The van der Waals surface area contributed by atoms with Gasteiger partial charge in [-0.1, -0.05) is 48.0 Å². The molecule has 1 fully saturated rings. The van der Waals surface area contributed by atoms with E-state index in [0.717, 1.165) is 25.0 Å². The number of hydrogen-bond donors (Lipinski definition) is 0. The van der Waals surface area contributed by atoms with Crippen LogP contribution in [0.2, 0.25) is 5.02 Å². The average Bonchev–Trinajstić information content (AvgIpc) is 3.13. The van der Waals surface area contributed by atoms with Gasteiger partial charge in [-0.05, 0) is 43.2 Å². The van der Waals surface area contributed by atoms with Crippen molar-refractivity contribution < 1.29 is 18.0 Å². The van der Waals surface area contributed by atoms with Crippen LogP contribution in [0.4, 0.5) is 13.2 Å². The summed E-state index contributed by atoms with van der Waals surface area (Å²) < 4.78 is 41.5. The van der Waals surface area contributed by atoms with Crippen LogP contribution in [0, 0.1) is 0 Å². The summed E-state index contributed by atoms with van der Waals surface area (Å²) in [6.07, 6.45) is -1.48. The molecule has 1 aliphatic rings. The van der Waals surface area contributed by atoms with E-state index in [-0.39, 0.29) is 16.7 Å². The van der Waals surface area contributed by atoms with E-state index in [1.54, 1.807) is 34.9 Å². The van der Waals surface area contributed by atoms with Gasteiger partial charge in [-0.15, -0.1) is 10.2 Å². The fourth-order valence-electron chi connectivity index (χ4n) is 3.42. The monoisotopic (exact) mass is 451 g/mol. The molecular formula is C21H17ClF3N3OS. The SMILES string of the molecule is O=C1CCCCC1Sc1nnc(-c2ccccc2Cl)n1-c1cccc(C(F)(F)F)c1. The molecule has 4 nitrogen and oxygen atoms in total. The second kappa shape index (κ2) is 8.43. The summed E-state index contributed by atoms with van der Waals surface area (Å²) in [6, 6.07) is 11.9. The maximum Gasteiger partial charge on any atom is 0.416 e. The molecule has 1 unspecified atom stereocenters. The number of nitrogens with zero attached hydrogens (tertiary/aromatic N) is 3. The largest absolute Gasteiger partial charge is 0.416 e. The first-order valence-electron chi connectivity index (χ1n) is 9.42.